The number of piperazine rings is 1. The van der Waals surface area contributed by atoms with E-state index >= 15 is 0 Å². The molecule has 1 aromatic carbocycles. The predicted molar refractivity (Wildman–Crippen MR) is 118 cm³/mol. The number of carbonyl (C=O) groups excluding carboxylic acids is 1. The zero-order chi connectivity index (χ0) is 22.0. The number of rotatable bonds is 4. The Balaban J connectivity index is 1.45. The predicted octanol–water partition coefficient (Wildman–Crippen LogP) is 3.21. The number of hydrogen-bond donors (Lipinski definition) is 1. The number of nitrogens with one attached hydrogen (secondary N) is 1. The highest BCUT2D eigenvalue weighted by Gasteiger charge is 2.28. The van der Waals surface area contributed by atoms with E-state index in [0.717, 1.165) is 29.9 Å². The largest absolute Gasteiger partial charge is 0.336 e. The van der Waals surface area contributed by atoms with Crippen molar-refractivity contribution in [3.05, 3.63) is 62.3 Å². The maximum absolute atomic E-state index is 14.6. The number of hydrogen-bond acceptors (Lipinski definition) is 4. The molecule has 0 radical (unpaired) electrons. The van der Waals surface area contributed by atoms with Gasteiger partial charge in [0.1, 0.15) is 5.82 Å². The van der Waals surface area contributed by atoms with Crippen molar-refractivity contribution in [2.24, 2.45) is 0 Å². The van der Waals surface area contributed by atoms with Crippen LogP contribution < -0.4 is 5.56 Å². The van der Waals surface area contributed by atoms with Crippen LogP contribution in [0.15, 0.2) is 23.0 Å². The monoisotopic (exact) mass is 426 g/mol. The van der Waals surface area contributed by atoms with Gasteiger partial charge in [0.15, 0.2) is 0 Å². The van der Waals surface area contributed by atoms with Gasteiger partial charge in [-0.1, -0.05) is 25.3 Å². The Bertz CT molecular complexity index is 1010. The SMILES string of the molecule is Cc1c(Cc2ccc(F)c(C(=O)N3CCN(C4CCCCC4)CC3)c2)n[nH]c(=O)c1C. The maximum atomic E-state index is 14.6. The number of nitrogens with zero attached hydrogens (tertiary/aromatic N) is 3. The van der Waals surface area contributed by atoms with Crippen LogP contribution in [0.4, 0.5) is 4.39 Å². The highest BCUT2D eigenvalue weighted by atomic mass is 19.1. The third-order valence-electron chi connectivity index (χ3n) is 6.95. The Morgan fingerprint density at radius 3 is 2.52 bits per heavy atom. The second kappa shape index (κ2) is 9.30. The second-order valence-corrected chi connectivity index (χ2v) is 8.86. The molecule has 1 N–H and O–H groups in total. The second-order valence-electron chi connectivity index (χ2n) is 8.86. The summed E-state index contributed by atoms with van der Waals surface area (Å²) in [6, 6.07) is 5.30. The number of aromatic nitrogens is 2. The van der Waals surface area contributed by atoms with E-state index < -0.39 is 5.82 Å². The van der Waals surface area contributed by atoms with E-state index in [9.17, 15) is 14.0 Å². The van der Waals surface area contributed by atoms with E-state index in [1.165, 1.54) is 38.2 Å². The number of aromatic amines is 1. The third-order valence-corrected chi connectivity index (χ3v) is 6.95. The molecule has 166 valence electrons. The normalized spacial score (nSPS) is 18.4. The third kappa shape index (κ3) is 4.71. The molecule has 1 amide bonds. The van der Waals surface area contributed by atoms with Crippen LogP contribution in [0.2, 0.25) is 0 Å². The maximum Gasteiger partial charge on any atom is 0.267 e. The van der Waals surface area contributed by atoms with Crippen molar-refractivity contribution in [2.45, 2.75) is 58.4 Å². The van der Waals surface area contributed by atoms with Crippen LogP contribution in [0.3, 0.4) is 0 Å². The standard InChI is InChI=1S/C24H31FN4O2/c1-16-17(2)23(30)27-26-22(16)15-18-8-9-21(25)20(14-18)24(31)29-12-10-28(11-13-29)19-6-4-3-5-7-19/h8-9,14,19H,3-7,10-13,15H2,1-2H3,(H,27,30). The molecule has 7 heteroatoms. The lowest BCUT2D eigenvalue weighted by atomic mass is 9.94. The van der Waals surface area contributed by atoms with Gasteiger partial charge in [0, 0.05) is 44.2 Å². The van der Waals surface area contributed by atoms with E-state index in [4.69, 9.17) is 0 Å². The van der Waals surface area contributed by atoms with Crippen molar-refractivity contribution in [1.29, 1.82) is 0 Å². The first kappa shape index (κ1) is 21.7. The molecule has 2 heterocycles. The molecule has 1 saturated heterocycles. The van der Waals surface area contributed by atoms with Gasteiger partial charge in [0.2, 0.25) is 0 Å². The molecule has 0 bridgehead atoms. The van der Waals surface area contributed by atoms with Gasteiger partial charge in [-0.3, -0.25) is 14.5 Å². The number of benzene rings is 1. The van der Waals surface area contributed by atoms with Crippen molar-refractivity contribution in [2.75, 3.05) is 26.2 Å². The molecular formula is C24H31FN4O2. The zero-order valence-electron chi connectivity index (χ0n) is 18.4. The molecule has 2 aromatic rings. The van der Waals surface area contributed by atoms with Crippen LogP contribution in [0.5, 0.6) is 0 Å². The Kier molecular flexibility index (Phi) is 6.51. The Labute approximate surface area is 182 Å². The van der Waals surface area contributed by atoms with Crippen LogP contribution >= 0.6 is 0 Å². The van der Waals surface area contributed by atoms with E-state index in [1.807, 2.05) is 6.92 Å². The topological polar surface area (TPSA) is 69.3 Å². The van der Waals surface area contributed by atoms with Crippen LogP contribution in [0, 0.1) is 19.7 Å². The molecule has 2 fully saturated rings. The van der Waals surface area contributed by atoms with Crippen LogP contribution in [-0.2, 0) is 6.42 Å². The van der Waals surface area contributed by atoms with E-state index in [1.54, 1.807) is 24.0 Å². The summed E-state index contributed by atoms with van der Waals surface area (Å²) in [5, 5.41) is 6.64. The first-order chi connectivity index (χ1) is 14.9. The van der Waals surface area contributed by atoms with Gasteiger partial charge in [-0.15, -0.1) is 0 Å². The lowest BCUT2D eigenvalue weighted by Crippen LogP contribution is -2.52. The van der Waals surface area contributed by atoms with Crippen molar-refractivity contribution < 1.29 is 9.18 Å². The summed E-state index contributed by atoms with van der Waals surface area (Å²) in [6.45, 7) is 6.60. The molecular weight excluding hydrogens is 395 g/mol. The molecule has 1 aromatic heterocycles. The summed E-state index contributed by atoms with van der Waals surface area (Å²) in [7, 11) is 0. The Morgan fingerprint density at radius 1 is 1.10 bits per heavy atom. The summed E-state index contributed by atoms with van der Waals surface area (Å²) in [6.07, 6.45) is 6.86. The molecule has 1 aliphatic carbocycles. The highest BCUT2D eigenvalue weighted by molar-refractivity contribution is 5.94. The molecule has 1 aliphatic heterocycles. The average molecular weight is 427 g/mol. The summed E-state index contributed by atoms with van der Waals surface area (Å²) >= 11 is 0. The van der Waals surface area contributed by atoms with Crippen molar-refractivity contribution in [3.8, 4) is 0 Å². The lowest BCUT2D eigenvalue weighted by Gasteiger charge is -2.40. The molecule has 2 aliphatic rings. The smallest absolute Gasteiger partial charge is 0.267 e. The van der Waals surface area contributed by atoms with Gasteiger partial charge in [-0.2, -0.15) is 5.10 Å². The summed E-state index contributed by atoms with van der Waals surface area (Å²) in [5.74, 6) is -0.740. The number of amides is 1. The minimum Gasteiger partial charge on any atom is -0.336 e. The molecule has 31 heavy (non-hydrogen) atoms. The van der Waals surface area contributed by atoms with Gasteiger partial charge >= 0.3 is 0 Å². The highest BCUT2D eigenvalue weighted by Crippen LogP contribution is 2.24. The molecule has 0 spiro atoms. The van der Waals surface area contributed by atoms with Crippen LogP contribution in [-0.4, -0.2) is 58.1 Å². The average Bonchev–Trinajstić information content (AvgIpc) is 2.81. The fraction of sp³-hybridized carbons (Fsp3) is 0.542. The number of halogens is 1. The first-order valence-corrected chi connectivity index (χ1v) is 11.3. The van der Waals surface area contributed by atoms with Gasteiger partial charge in [0.05, 0.1) is 11.3 Å². The Hall–Kier alpha value is -2.54. The molecule has 4 rings (SSSR count). The quantitative estimate of drug-likeness (QED) is 0.815. The van der Waals surface area contributed by atoms with E-state index in [2.05, 4.69) is 15.1 Å². The van der Waals surface area contributed by atoms with Crippen molar-refractivity contribution in [1.82, 2.24) is 20.0 Å². The molecule has 6 nitrogen and oxygen atoms in total. The van der Waals surface area contributed by atoms with Crippen molar-refractivity contribution >= 4 is 5.91 Å². The summed E-state index contributed by atoms with van der Waals surface area (Å²) in [4.78, 5) is 29.1. The fourth-order valence-corrected chi connectivity index (χ4v) is 4.79. The Morgan fingerprint density at radius 2 is 1.81 bits per heavy atom. The van der Waals surface area contributed by atoms with Gasteiger partial charge in [-0.05, 0) is 49.9 Å². The van der Waals surface area contributed by atoms with E-state index in [0.29, 0.717) is 31.1 Å². The summed E-state index contributed by atoms with van der Waals surface area (Å²) in [5.41, 5.74) is 2.88. The minimum absolute atomic E-state index is 0.113. The fourth-order valence-electron chi connectivity index (χ4n) is 4.79. The molecule has 1 saturated carbocycles. The summed E-state index contributed by atoms with van der Waals surface area (Å²) < 4.78 is 14.6. The van der Waals surface area contributed by atoms with Gasteiger partial charge in [0.25, 0.3) is 11.5 Å². The van der Waals surface area contributed by atoms with Crippen LogP contribution in [0.1, 0.15) is 64.8 Å². The van der Waals surface area contributed by atoms with Gasteiger partial charge < -0.3 is 4.90 Å². The minimum atomic E-state index is -0.495. The lowest BCUT2D eigenvalue weighted by molar-refractivity contribution is 0.0519. The van der Waals surface area contributed by atoms with Crippen LogP contribution in [0.25, 0.3) is 0 Å². The van der Waals surface area contributed by atoms with Crippen molar-refractivity contribution in [3.63, 3.8) is 0 Å². The molecule has 0 unspecified atom stereocenters. The first-order valence-electron chi connectivity index (χ1n) is 11.3. The zero-order valence-corrected chi connectivity index (χ0v) is 18.4. The number of carbonyl (C=O) groups is 1. The van der Waals surface area contributed by atoms with Gasteiger partial charge in [-0.25, -0.2) is 9.49 Å². The molecule has 0 atom stereocenters. The number of H-pyrrole nitrogens is 1. The van der Waals surface area contributed by atoms with E-state index in [-0.39, 0.29) is 17.0 Å².